The van der Waals surface area contributed by atoms with Gasteiger partial charge in [-0.1, -0.05) is 205 Å². The third-order valence-corrected chi connectivity index (χ3v) is 23.4. The first kappa shape index (κ1) is 90.2. The van der Waals surface area contributed by atoms with E-state index in [0.717, 1.165) is 156 Å². The lowest BCUT2D eigenvalue weighted by atomic mass is 9.85. The van der Waals surface area contributed by atoms with Gasteiger partial charge in [0, 0.05) is 55.1 Å². The van der Waals surface area contributed by atoms with E-state index in [-0.39, 0.29) is 34.5 Å². The number of ether oxygens (including phenoxy) is 3. The molecule has 0 radical (unpaired) electrons. The molecule has 17 heteroatoms. The molecule has 12 N–H and O–H groups in total. The first-order valence-corrected chi connectivity index (χ1v) is 42.6. The normalized spacial score (nSPS) is 11.2. The Labute approximate surface area is 745 Å². The lowest BCUT2D eigenvalue weighted by molar-refractivity contribution is 0.356. The molecule has 0 aliphatic heterocycles. The van der Waals surface area contributed by atoms with E-state index < -0.39 is 0 Å². The third-order valence-electron chi connectivity index (χ3n) is 23.4. The van der Waals surface area contributed by atoms with Crippen LogP contribution in [0, 0.1) is 68.1 Å². The van der Waals surface area contributed by atoms with Crippen molar-refractivity contribution in [3.63, 3.8) is 0 Å². The van der Waals surface area contributed by atoms with E-state index in [2.05, 4.69) is 312 Å². The van der Waals surface area contributed by atoms with Crippen molar-refractivity contribution in [2.24, 2.45) is 49.4 Å². The number of aromatic nitrogens is 4. The monoisotopic (exact) mass is 1680 g/mol. The highest BCUT2D eigenvalue weighted by molar-refractivity contribution is 5.97. The van der Waals surface area contributed by atoms with E-state index in [4.69, 9.17) is 68.5 Å². The number of nitrogens with two attached hydrogens (primary N) is 6. The van der Waals surface area contributed by atoms with Gasteiger partial charge in [-0.05, 0) is 280 Å². The number of hydrogen-bond donors (Lipinski definition) is 6. The molecule has 16 rings (SSSR count). The van der Waals surface area contributed by atoms with E-state index >= 15 is 0 Å². The fourth-order valence-electron chi connectivity index (χ4n) is 15.8. The average molecular weight is 1690 g/mol. The summed E-state index contributed by atoms with van der Waals surface area (Å²) in [7, 11) is 4.98. The SMILES string of the molecule is COc1cc(-c2cc3cc(C)c(C)c(OC)c3c(C)n2)cc(-c2cccc(-c3ccc(F)cc3)c2)c1OC.Cc1cc2cc(-c3cccc(-c4cccc(C(C)(C)C)c4)c3)nc(CN=C(N)N)c2cc1C.Cc1cc2cc(-c3cccc(-c4ccccc4)c3)nc(CN=C(N)N)c2cc1C.Cc1cc2cc(-c3cccc(C(C)(C)C)c3)nc(CN=C(N)N)c2cc1C. The standard InChI is InChI=1S/C33H30FNO3.C29H32N4.C25H24N4.C23H28N4/c1-19-14-26-17-29(35-21(3)31(26)32(37-5)20(19)2)25-16-28(33(38-6)30(18-25)36-4)24-9-7-8-23(15-24)22-10-12-27(34)13-11-22;1-18-12-23-16-26(33-27(17-32-28(30)31)25(23)13-19(18)2)22-10-6-8-20(14-22)21-9-7-11-24(15-21)29(3,4)5;1-16-11-21-14-23(29-24(15-28-25(26)27)22(21)12-17(16)2)20-10-6-9-19(13-20)18-7-4-3-5-8-18;1-14-9-17-12-20(16-7-6-8-18(11-16)23(3,4)5)27-21(13-26-22(24)25)19(17)10-15(14)2/h7-18H,1-6H3;6-16H,17H2,1-5H3,(H4,30,31,32);3-14H,15H2,1-2H3,(H4,26,27,28);6-12H,13H2,1-5H3,(H4,24,25,26). The molecule has 0 spiro atoms. The fraction of sp³-hybridized carbons (Fsp3) is 0.209. The summed E-state index contributed by atoms with van der Waals surface area (Å²) in [5, 5.41) is 8.80. The molecule has 4 aromatic heterocycles. The first-order valence-electron chi connectivity index (χ1n) is 42.6. The number of halogens is 1. The fourth-order valence-corrected chi connectivity index (χ4v) is 15.8. The van der Waals surface area contributed by atoms with E-state index in [9.17, 15) is 4.39 Å². The van der Waals surface area contributed by atoms with Gasteiger partial charge in [0.15, 0.2) is 29.4 Å². The number of methoxy groups -OCH3 is 3. The van der Waals surface area contributed by atoms with Gasteiger partial charge >= 0.3 is 0 Å². The van der Waals surface area contributed by atoms with Crippen LogP contribution >= 0.6 is 0 Å². The summed E-state index contributed by atoms with van der Waals surface area (Å²) in [5.41, 5.74) is 65.8. The zero-order chi connectivity index (χ0) is 90.9. The van der Waals surface area contributed by atoms with Crippen LogP contribution in [0.15, 0.2) is 270 Å². The Morgan fingerprint density at radius 3 is 1.06 bits per heavy atom. The number of aryl methyl sites for hydroxylation is 8. The molecule has 0 saturated carbocycles. The van der Waals surface area contributed by atoms with Crippen LogP contribution in [0.25, 0.3) is 133 Å². The van der Waals surface area contributed by atoms with Gasteiger partial charge < -0.3 is 48.6 Å². The van der Waals surface area contributed by atoms with Crippen LogP contribution in [0.2, 0.25) is 0 Å². The Kier molecular flexibility index (Phi) is 27.5. The zero-order valence-corrected chi connectivity index (χ0v) is 76.1. The molecule has 0 atom stereocenters. The highest BCUT2D eigenvalue weighted by atomic mass is 19.1. The van der Waals surface area contributed by atoms with E-state index in [1.54, 1.807) is 33.5 Å². The van der Waals surface area contributed by atoms with Crippen molar-refractivity contribution in [3.05, 3.63) is 339 Å². The van der Waals surface area contributed by atoms with Crippen molar-refractivity contribution < 1.29 is 18.6 Å². The number of hydrogen-bond acceptors (Lipinski definition) is 10. The van der Waals surface area contributed by atoms with Crippen LogP contribution in [-0.2, 0) is 30.5 Å². The van der Waals surface area contributed by atoms with Crippen LogP contribution in [0.1, 0.15) is 120 Å². The highest BCUT2D eigenvalue weighted by Crippen LogP contribution is 2.45. The van der Waals surface area contributed by atoms with Crippen molar-refractivity contribution >= 4 is 61.0 Å². The largest absolute Gasteiger partial charge is 0.496 e. The van der Waals surface area contributed by atoms with E-state index in [0.29, 0.717) is 31.1 Å². The topological polar surface area (TPSA) is 272 Å². The number of benzene rings is 12. The molecule has 0 saturated heterocycles. The summed E-state index contributed by atoms with van der Waals surface area (Å²) in [6.45, 7) is 33.3. The molecule has 12 aromatic carbocycles. The highest BCUT2D eigenvalue weighted by Gasteiger charge is 2.23. The summed E-state index contributed by atoms with van der Waals surface area (Å²) in [6, 6.07) is 87.2. The number of aliphatic imine (C=N–C) groups is 3. The van der Waals surface area contributed by atoms with Crippen LogP contribution in [0.4, 0.5) is 4.39 Å². The van der Waals surface area contributed by atoms with Crippen LogP contribution in [0.3, 0.4) is 0 Å². The number of rotatable bonds is 17. The molecule has 0 bridgehead atoms. The predicted octanol–water partition coefficient (Wildman–Crippen LogP) is 24.1. The van der Waals surface area contributed by atoms with Crippen LogP contribution in [0.5, 0.6) is 17.2 Å². The lowest BCUT2D eigenvalue weighted by Gasteiger charge is -2.20. The summed E-state index contributed by atoms with van der Waals surface area (Å²) in [6.07, 6.45) is 0. The Hall–Kier alpha value is -14.6. The second kappa shape index (κ2) is 38.7. The number of pyridine rings is 4. The molecule has 0 fully saturated rings. The Morgan fingerprint density at radius 2 is 0.646 bits per heavy atom. The second-order valence-corrected chi connectivity index (χ2v) is 34.6. The molecule has 644 valence electrons. The van der Waals surface area contributed by atoms with E-state index in [1.165, 1.54) is 73.3 Å². The maximum Gasteiger partial charge on any atom is 0.186 e. The van der Waals surface area contributed by atoms with Crippen molar-refractivity contribution in [1.82, 2.24) is 19.9 Å². The quantitative estimate of drug-likeness (QED) is 0.0366. The summed E-state index contributed by atoms with van der Waals surface area (Å²) >= 11 is 0. The maximum atomic E-state index is 13.5. The van der Waals surface area contributed by atoms with Gasteiger partial charge in [-0.2, -0.15) is 0 Å². The molecule has 0 unspecified atom stereocenters. The van der Waals surface area contributed by atoms with Gasteiger partial charge in [0.25, 0.3) is 0 Å². The van der Waals surface area contributed by atoms with Crippen molar-refractivity contribution in [3.8, 4) is 107 Å². The van der Waals surface area contributed by atoms with Gasteiger partial charge in [0.05, 0.1) is 80.8 Å². The van der Waals surface area contributed by atoms with Crippen molar-refractivity contribution in [2.75, 3.05) is 21.3 Å². The minimum atomic E-state index is -0.259. The molecular formula is C110H114FN13O3. The minimum Gasteiger partial charge on any atom is -0.496 e. The van der Waals surface area contributed by atoms with Crippen LogP contribution < -0.4 is 48.6 Å². The maximum absolute atomic E-state index is 13.5. The molecular weight excluding hydrogens is 1570 g/mol. The van der Waals surface area contributed by atoms with Crippen LogP contribution in [-0.4, -0.2) is 59.1 Å². The summed E-state index contributed by atoms with van der Waals surface area (Å²) in [5.74, 6) is 2.07. The minimum absolute atomic E-state index is 0.0694. The number of nitrogens with zero attached hydrogens (tertiary/aromatic N) is 7. The molecule has 4 heterocycles. The van der Waals surface area contributed by atoms with Gasteiger partial charge in [-0.3, -0.25) is 19.9 Å². The number of fused-ring (bicyclic) bond motifs is 4. The molecule has 0 aliphatic rings. The predicted molar refractivity (Wildman–Crippen MR) is 529 cm³/mol. The van der Waals surface area contributed by atoms with E-state index in [1.807, 2.05) is 37.3 Å². The number of guanidine groups is 3. The Morgan fingerprint density at radius 1 is 0.307 bits per heavy atom. The third kappa shape index (κ3) is 21.3. The second-order valence-electron chi connectivity index (χ2n) is 34.6. The average Bonchev–Trinajstić information content (AvgIpc) is 0.758. The smallest absolute Gasteiger partial charge is 0.186 e. The van der Waals surface area contributed by atoms with Gasteiger partial charge in [-0.25, -0.2) is 19.4 Å². The molecule has 0 amide bonds. The first-order chi connectivity index (χ1) is 60.6. The summed E-state index contributed by atoms with van der Waals surface area (Å²) in [4.78, 5) is 32.5. The van der Waals surface area contributed by atoms with Gasteiger partial charge in [0.1, 0.15) is 11.6 Å². The lowest BCUT2D eigenvalue weighted by Crippen LogP contribution is -2.22. The molecule has 0 aliphatic carbocycles. The zero-order valence-electron chi connectivity index (χ0n) is 76.1. The Balaban J connectivity index is 0.000000146. The van der Waals surface area contributed by atoms with Gasteiger partial charge in [-0.15, -0.1) is 0 Å². The molecule has 16 nitrogen and oxygen atoms in total. The molecule has 16 aromatic rings. The van der Waals surface area contributed by atoms with Crippen molar-refractivity contribution in [1.29, 1.82) is 0 Å². The summed E-state index contributed by atoms with van der Waals surface area (Å²) < 4.78 is 30.8. The van der Waals surface area contributed by atoms with Crippen molar-refractivity contribution in [2.45, 2.75) is 134 Å². The Bertz CT molecular complexity index is 6890. The van der Waals surface area contributed by atoms with Gasteiger partial charge in [0.2, 0.25) is 0 Å². The molecule has 127 heavy (non-hydrogen) atoms.